The monoisotopic (exact) mass is 349 g/mol. The van der Waals surface area contributed by atoms with Crippen LogP contribution in [-0.4, -0.2) is 25.8 Å². The number of hydrogen-bond donors (Lipinski definition) is 1. The van der Waals surface area contributed by atoms with Crippen LogP contribution in [0.25, 0.3) is 0 Å². The molecule has 24 heavy (non-hydrogen) atoms. The maximum atomic E-state index is 12.7. The van der Waals surface area contributed by atoms with Crippen LogP contribution in [0.1, 0.15) is 49.8 Å². The molecule has 1 aromatic carbocycles. The van der Waals surface area contributed by atoms with E-state index in [1.165, 1.54) is 19.1 Å². The second-order valence-corrected chi connectivity index (χ2v) is 9.97. The van der Waals surface area contributed by atoms with E-state index in [0.29, 0.717) is 11.8 Å². The van der Waals surface area contributed by atoms with Gasteiger partial charge in [0.1, 0.15) is 0 Å². The summed E-state index contributed by atoms with van der Waals surface area (Å²) in [5.41, 5.74) is 1.97. The standard InChI is InChI=1S/C19H27NO3S/c1-12-8-10-14(11-9-12)18(13(2)24(3,22)23)20-19(21)17-15-6-4-5-7-16(15)17/h8-11,13,15-18H,4-7H2,1-3H3,(H,20,21). The second kappa shape index (κ2) is 6.51. The Bertz CT molecular complexity index is 699. The smallest absolute Gasteiger partial charge is 0.224 e. The summed E-state index contributed by atoms with van der Waals surface area (Å²) in [6.07, 6.45) is 5.94. The van der Waals surface area contributed by atoms with Gasteiger partial charge in [-0.3, -0.25) is 4.79 Å². The van der Waals surface area contributed by atoms with Gasteiger partial charge < -0.3 is 5.32 Å². The van der Waals surface area contributed by atoms with E-state index in [1.54, 1.807) is 6.92 Å². The molecule has 5 heteroatoms. The van der Waals surface area contributed by atoms with Gasteiger partial charge in [0.2, 0.25) is 5.91 Å². The van der Waals surface area contributed by atoms with Crippen molar-refractivity contribution in [3.8, 4) is 0 Å². The molecule has 4 nitrogen and oxygen atoms in total. The minimum atomic E-state index is -3.25. The fraction of sp³-hybridized carbons (Fsp3) is 0.632. The lowest BCUT2D eigenvalue weighted by Gasteiger charge is -2.25. The van der Waals surface area contributed by atoms with Gasteiger partial charge in [0.25, 0.3) is 0 Å². The van der Waals surface area contributed by atoms with Gasteiger partial charge in [-0.1, -0.05) is 42.7 Å². The van der Waals surface area contributed by atoms with Crippen LogP contribution in [0.3, 0.4) is 0 Å². The fourth-order valence-electron chi connectivity index (χ4n) is 4.12. The zero-order chi connectivity index (χ0) is 17.5. The van der Waals surface area contributed by atoms with Gasteiger partial charge in [0.05, 0.1) is 11.3 Å². The Hall–Kier alpha value is -1.36. The quantitative estimate of drug-likeness (QED) is 0.889. The van der Waals surface area contributed by atoms with Gasteiger partial charge in [0.15, 0.2) is 9.84 Å². The average Bonchev–Trinajstić information content (AvgIpc) is 3.26. The van der Waals surface area contributed by atoms with Crippen molar-refractivity contribution >= 4 is 15.7 Å². The number of amides is 1. The Kier molecular flexibility index (Phi) is 4.73. The molecule has 3 rings (SSSR count). The van der Waals surface area contributed by atoms with Crippen molar-refractivity contribution in [3.63, 3.8) is 0 Å². The zero-order valence-corrected chi connectivity index (χ0v) is 15.5. The first-order valence-electron chi connectivity index (χ1n) is 8.85. The van der Waals surface area contributed by atoms with Crippen LogP contribution < -0.4 is 5.32 Å². The highest BCUT2D eigenvalue weighted by Gasteiger charge is 2.55. The number of aryl methyl sites for hydroxylation is 1. The molecule has 0 spiro atoms. The molecule has 0 aromatic heterocycles. The first kappa shape index (κ1) is 17.5. The van der Waals surface area contributed by atoms with Gasteiger partial charge in [-0.05, 0) is 44.1 Å². The van der Waals surface area contributed by atoms with Crippen LogP contribution in [0.4, 0.5) is 0 Å². The third kappa shape index (κ3) is 3.51. The predicted octanol–water partition coefficient (Wildman–Crippen LogP) is 3.02. The van der Waals surface area contributed by atoms with Crippen LogP contribution in [0.15, 0.2) is 24.3 Å². The minimum absolute atomic E-state index is 0.0352. The van der Waals surface area contributed by atoms with Gasteiger partial charge >= 0.3 is 0 Å². The summed E-state index contributed by atoms with van der Waals surface area (Å²) in [5, 5.41) is 2.41. The highest BCUT2D eigenvalue weighted by Crippen LogP contribution is 2.55. The van der Waals surface area contributed by atoms with Crippen LogP contribution in [0, 0.1) is 24.7 Å². The van der Waals surface area contributed by atoms with Crippen molar-refractivity contribution in [1.29, 1.82) is 0 Å². The SMILES string of the molecule is Cc1ccc(C(NC(=O)C2C3CCCCC32)C(C)S(C)(=O)=O)cc1. The van der Waals surface area contributed by atoms with Gasteiger partial charge in [-0.25, -0.2) is 8.42 Å². The highest BCUT2D eigenvalue weighted by molar-refractivity contribution is 7.91. The van der Waals surface area contributed by atoms with Crippen LogP contribution in [0.2, 0.25) is 0 Å². The van der Waals surface area contributed by atoms with Crippen molar-refractivity contribution in [2.24, 2.45) is 17.8 Å². The third-order valence-electron chi connectivity index (χ3n) is 5.84. The average molecular weight is 349 g/mol. The maximum Gasteiger partial charge on any atom is 0.224 e. The number of nitrogens with one attached hydrogen (secondary N) is 1. The molecule has 132 valence electrons. The molecular weight excluding hydrogens is 322 g/mol. The molecule has 4 unspecified atom stereocenters. The maximum absolute atomic E-state index is 12.7. The number of fused-ring (bicyclic) bond motifs is 1. The summed E-state index contributed by atoms with van der Waals surface area (Å²) in [4.78, 5) is 12.7. The minimum Gasteiger partial charge on any atom is -0.348 e. The predicted molar refractivity (Wildman–Crippen MR) is 95.3 cm³/mol. The summed E-state index contributed by atoms with van der Waals surface area (Å²) in [5.74, 6) is 1.16. The molecule has 1 amide bonds. The first-order chi connectivity index (χ1) is 11.3. The lowest BCUT2D eigenvalue weighted by Crippen LogP contribution is -2.39. The Morgan fingerprint density at radius 2 is 1.67 bits per heavy atom. The van der Waals surface area contributed by atoms with E-state index >= 15 is 0 Å². The Balaban J connectivity index is 1.80. The molecule has 0 bridgehead atoms. The normalized spacial score (nSPS) is 28.5. The number of rotatable bonds is 5. The van der Waals surface area contributed by atoms with Crippen molar-refractivity contribution in [1.82, 2.24) is 5.32 Å². The Labute approximate surface area is 145 Å². The number of carbonyl (C=O) groups is 1. The summed E-state index contributed by atoms with van der Waals surface area (Å²) in [6.45, 7) is 3.67. The van der Waals surface area contributed by atoms with E-state index in [0.717, 1.165) is 24.0 Å². The summed E-state index contributed by atoms with van der Waals surface area (Å²) >= 11 is 0. The molecule has 2 fully saturated rings. The molecule has 2 aliphatic carbocycles. The van der Waals surface area contributed by atoms with Crippen molar-refractivity contribution in [3.05, 3.63) is 35.4 Å². The largest absolute Gasteiger partial charge is 0.348 e. The summed E-state index contributed by atoms with van der Waals surface area (Å²) in [7, 11) is -3.25. The topological polar surface area (TPSA) is 63.2 Å². The van der Waals surface area contributed by atoms with E-state index < -0.39 is 21.1 Å². The number of sulfone groups is 1. The lowest BCUT2D eigenvalue weighted by atomic mass is 10.0. The highest BCUT2D eigenvalue weighted by atomic mass is 32.2. The number of benzene rings is 1. The fourth-order valence-corrected chi connectivity index (χ4v) is 4.84. The van der Waals surface area contributed by atoms with Crippen molar-refractivity contribution < 1.29 is 13.2 Å². The molecular formula is C19H27NO3S. The Morgan fingerprint density at radius 1 is 1.12 bits per heavy atom. The van der Waals surface area contributed by atoms with E-state index in [-0.39, 0.29) is 11.8 Å². The Morgan fingerprint density at radius 3 is 2.17 bits per heavy atom. The molecule has 0 radical (unpaired) electrons. The molecule has 0 heterocycles. The molecule has 0 aliphatic heterocycles. The second-order valence-electron chi connectivity index (χ2n) is 7.57. The molecule has 1 aromatic rings. The first-order valence-corrected chi connectivity index (χ1v) is 10.8. The molecule has 2 saturated carbocycles. The van der Waals surface area contributed by atoms with E-state index in [4.69, 9.17) is 0 Å². The lowest BCUT2D eigenvalue weighted by molar-refractivity contribution is -0.123. The number of carbonyl (C=O) groups excluding carboxylic acids is 1. The van der Waals surface area contributed by atoms with Gasteiger partial charge in [0, 0.05) is 12.2 Å². The van der Waals surface area contributed by atoms with Crippen LogP contribution >= 0.6 is 0 Å². The van der Waals surface area contributed by atoms with Gasteiger partial charge in [-0.15, -0.1) is 0 Å². The number of hydrogen-bond acceptors (Lipinski definition) is 3. The molecule has 1 N–H and O–H groups in total. The van der Waals surface area contributed by atoms with E-state index in [1.807, 2.05) is 31.2 Å². The van der Waals surface area contributed by atoms with E-state index in [9.17, 15) is 13.2 Å². The summed E-state index contributed by atoms with van der Waals surface area (Å²) < 4.78 is 24.2. The zero-order valence-electron chi connectivity index (χ0n) is 14.7. The molecule has 4 atom stereocenters. The van der Waals surface area contributed by atoms with Gasteiger partial charge in [-0.2, -0.15) is 0 Å². The molecule has 2 aliphatic rings. The van der Waals surface area contributed by atoms with Crippen LogP contribution in [-0.2, 0) is 14.6 Å². The molecule has 0 saturated heterocycles. The summed E-state index contributed by atoms with van der Waals surface area (Å²) in [6, 6.07) is 7.26. The van der Waals surface area contributed by atoms with Crippen LogP contribution in [0.5, 0.6) is 0 Å². The van der Waals surface area contributed by atoms with E-state index in [2.05, 4.69) is 5.32 Å². The third-order valence-corrected chi connectivity index (χ3v) is 7.46. The van der Waals surface area contributed by atoms with Crippen molar-refractivity contribution in [2.75, 3.05) is 6.26 Å². The van der Waals surface area contributed by atoms with Crippen molar-refractivity contribution in [2.45, 2.75) is 50.8 Å².